The second-order valence-electron chi connectivity index (χ2n) is 28.7. The fraction of sp³-hybridized carbons (Fsp3) is 0.420. The summed E-state index contributed by atoms with van der Waals surface area (Å²) < 4.78 is 0. The number of halogens is 1. The molecule has 1 aliphatic rings. The fourth-order valence-electron chi connectivity index (χ4n) is 12.8. The van der Waals surface area contributed by atoms with Crippen LogP contribution >= 0.6 is 11.6 Å². The van der Waals surface area contributed by atoms with Gasteiger partial charge in [-0.25, -0.2) is 0 Å². The Morgan fingerprint density at radius 1 is 0.518 bits per heavy atom. The number of amides is 13. The molecule has 1 saturated heterocycles. The number of rotatable bonds is 41. The molecule has 1 aliphatic heterocycles. The standard InChI is InChI=1S/C81H102ClN15O15/c1-47(2)38-64(72(102)89-63(19-12-13-36-84-48(3)4)80(110)97-37-15-20-70(97)78(108)85-49(5)81(111)112)90-74(104)67(41-54-24-31-61(32-25-54)86-50(6)99)92-76(106)68(42-55-26-33-62(34-27-55)87-51(7)100)94-79(109)71(96(9)46-98)95-77(107)69(44-57-16-14-35-83-45-57)93-75(105)66(40-53-22-29-60(82)30-23-53)91-73(103)65(88-52(8)101)43-56-21-28-58-17-10-11-18-59(58)39-56/h10-11,14,16-18,21-35,39,45-49,63-71,84H,12-13,15,19-20,36-38,40-44H2,1-9H3,(H,85,108)(H,86,99)(H,87,100)(H,88,101)(H,89,102)(H,90,104)(H,91,103)(H,92,106)(H,93,105)(H,94,109)(H,95,107)(H,111,112)/t49-,63+,64+,65-,66-,67-,68+,69-,70+,71+/m1/s1. The molecule has 7 rings (SSSR count). The van der Waals surface area contributed by atoms with E-state index in [9.17, 15) is 48.3 Å². The number of carboxylic acids is 1. The van der Waals surface area contributed by atoms with Gasteiger partial charge in [0.15, 0.2) is 6.17 Å². The third kappa shape index (κ3) is 28.0. The molecule has 0 spiro atoms. The number of nitrogens with one attached hydrogen (secondary N) is 12. The van der Waals surface area contributed by atoms with Crippen molar-refractivity contribution < 1.29 is 72.2 Å². The molecule has 598 valence electrons. The third-order valence-electron chi connectivity index (χ3n) is 18.5. The molecule has 1 fully saturated rings. The van der Waals surface area contributed by atoms with Crippen molar-refractivity contribution in [3.05, 3.63) is 173 Å². The first-order valence-corrected chi connectivity index (χ1v) is 37.7. The number of carbonyl (C=O) groups is 14. The number of anilines is 2. The van der Waals surface area contributed by atoms with Gasteiger partial charge in [-0.2, -0.15) is 0 Å². The van der Waals surface area contributed by atoms with Crippen molar-refractivity contribution in [3.63, 3.8) is 0 Å². The summed E-state index contributed by atoms with van der Waals surface area (Å²) >= 11 is 6.27. The fourth-order valence-corrected chi connectivity index (χ4v) is 12.9. The predicted molar refractivity (Wildman–Crippen MR) is 421 cm³/mol. The number of aromatic nitrogens is 1. The van der Waals surface area contributed by atoms with Crippen molar-refractivity contribution in [2.75, 3.05) is 30.8 Å². The van der Waals surface area contributed by atoms with Crippen molar-refractivity contribution >= 4 is 117 Å². The van der Waals surface area contributed by atoms with Crippen LogP contribution in [0.5, 0.6) is 0 Å². The lowest BCUT2D eigenvalue weighted by Crippen LogP contribution is -2.63. The average molecular weight is 1560 g/mol. The third-order valence-corrected chi connectivity index (χ3v) is 18.8. The summed E-state index contributed by atoms with van der Waals surface area (Å²) in [5.74, 6) is -10.7. The second kappa shape index (κ2) is 43.1. The Labute approximate surface area is 656 Å². The molecule has 0 bridgehead atoms. The smallest absolute Gasteiger partial charge is 0.325 e. The van der Waals surface area contributed by atoms with E-state index in [0.717, 1.165) is 15.7 Å². The maximum atomic E-state index is 15.4. The Hall–Kier alpha value is -11.7. The number of hydrogen-bond donors (Lipinski definition) is 13. The van der Waals surface area contributed by atoms with Crippen LogP contribution in [0.2, 0.25) is 5.02 Å². The molecule has 31 heteroatoms. The maximum Gasteiger partial charge on any atom is 0.325 e. The van der Waals surface area contributed by atoms with E-state index in [4.69, 9.17) is 11.6 Å². The summed E-state index contributed by atoms with van der Waals surface area (Å²) in [6, 6.07) is 23.1. The van der Waals surface area contributed by atoms with E-state index in [1.54, 1.807) is 98.8 Å². The summed E-state index contributed by atoms with van der Waals surface area (Å²) in [5, 5.41) is 44.8. The molecule has 1 aromatic heterocycles. The molecule has 10 atom stereocenters. The number of likely N-dealkylation sites (N-methyl/N-ethyl adjacent to an activating group) is 1. The normalized spacial score (nSPS) is 14.9. The predicted octanol–water partition coefficient (Wildman–Crippen LogP) is 4.06. The maximum absolute atomic E-state index is 15.4. The van der Waals surface area contributed by atoms with Crippen LogP contribution in [0.3, 0.4) is 0 Å². The molecule has 0 aliphatic carbocycles. The molecular weight excluding hydrogens is 1460 g/mol. The number of pyridine rings is 1. The zero-order chi connectivity index (χ0) is 81.7. The number of aliphatic carboxylic acids is 1. The van der Waals surface area contributed by atoms with Crippen LogP contribution in [0.4, 0.5) is 11.4 Å². The van der Waals surface area contributed by atoms with Crippen LogP contribution in [-0.4, -0.2) is 190 Å². The van der Waals surface area contributed by atoms with E-state index >= 15 is 24.0 Å². The Bertz CT molecular complexity index is 4290. The minimum absolute atomic E-state index is 0.00375. The van der Waals surface area contributed by atoms with Crippen molar-refractivity contribution in [2.24, 2.45) is 5.92 Å². The number of carbonyl (C=O) groups excluding carboxylic acids is 13. The van der Waals surface area contributed by atoms with Crippen molar-refractivity contribution in [1.29, 1.82) is 0 Å². The lowest BCUT2D eigenvalue weighted by molar-refractivity contribution is -0.144. The Kier molecular flexibility index (Phi) is 33.7. The molecule has 6 aromatic rings. The summed E-state index contributed by atoms with van der Waals surface area (Å²) in [7, 11) is 1.17. The molecule has 2 heterocycles. The molecule has 112 heavy (non-hydrogen) atoms. The molecule has 5 aromatic carbocycles. The molecule has 0 saturated carbocycles. The van der Waals surface area contributed by atoms with Gasteiger partial charge in [-0.15, -0.1) is 0 Å². The summed E-state index contributed by atoms with van der Waals surface area (Å²) in [4.78, 5) is 202. The zero-order valence-electron chi connectivity index (χ0n) is 64.4. The van der Waals surface area contributed by atoms with Crippen LogP contribution in [0.15, 0.2) is 140 Å². The minimum atomic E-state index is -1.97. The van der Waals surface area contributed by atoms with Gasteiger partial charge >= 0.3 is 5.97 Å². The molecule has 13 amide bonds. The molecular formula is C81H102ClN15O15. The first-order valence-electron chi connectivity index (χ1n) is 37.3. The Morgan fingerprint density at radius 2 is 0.982 bits per heavy atom. The van der Waals surface area contributed by atoms with Crippen LogP contribution < -0.4 is 63.8 Å². The zero-order valence-corrected chi connectivity index (χ0v) is 65.1. The van der Waals surface area contributed by atoms with Crippen LogP contribution in [0, 0.1) is 5.92 Å². The van der Waals surface area contributed by atoms with Gasteiger partial charge in [0.05, 0.1) is 0 Å². The van der Waals surface area contributed by atoms with Crippen molar-refractivity contribution in [3.8, 4) is 0 Å². The lowest BCUT2D eigenvalue weighted by atomic mass is 9.99. The number of carboxylic acid groups (broad SMARTS) is 1. The summed E-state index contributed by atoms with van der Waals surface area (Å²) in [6.45, 7) is 13.4. The largest absolute Gasteiger partial charge is 0.480 e. The van der Waals surface area contributed by atoms with Crippen LogP contribution in [0.1, 0.15) is 122 Å². The van der Waals surface area contributed by atoms with Gasteiger partial charge in [0.25, 0.3) is 5.91 Å². The first-order chi connectivity index (χ1) is 53.3. The quantitative estimate of drug-likeness (QED) is 0.0146. The Morgan fingerprint density at radius 3 is 1.47 bits per heavy atom. The van der Waals surface area contributed by atoms with E-state index < -0.39 is 126 Å². The van der Waals surface area contributed by atoms with Crippen molar-refractivity contribution in [1.82, 2.24) is 68.0 Å². The van der Waals surface area contributed by atoms with Gasteiger partial charge in [0.1, 0.15) is 54.4 Å². The monoisotopic (exact) mass is 1560 g/mol. The summed E-state index contributed by atoms with van der Waals surface area (Å²) in [6.07, 6.45) is 1.88. The van der Waals surface area contributed by atoms with Gasteiger partial charge in [0.2, 0.25) is 71.4 Å². The van der Waals surface area contributed by atoms with E-state index in [1.807, 2.05) is 56.3 Å². The number of unbranched alkanes of at least 4 members (excludes halogenated alkanes) is 1. The van der Waals surface area contributed by atoms with Gasteiger partial charge < -0.3 is 78.7 Å². The van der Waals surface area contributed by atoms with E-state index in [0.29, 0.717) is 70.0 Å². The van der Waals surface area contributed by atoms with Crippen molar-refractivity contribution in [2.45, 2.75) is 193 Å². The van der Waals surface area contributed by atoms with Gasteiger partial charge in [-0.3, -0.25) is 72.1 Å². The topological polar surface area (TPSA) is 423 Å². The number of likely N-dealkylation sites (tertiary alicyclic amines) is 1. The highest BCUT2D eigenvalue weighted by Crippen LogP contribution is 2.23. The summed E-state index contributed by atoms with van der Waals surface area (Å²) in [5.41, 5.74) is 3.23. The van der Waals surface area contributed by atoms with Crippen LogP contribution in [0.25, 0.3) is 10.8 Å². The second-order valence-corrected chi connectivity index (χ2v) is 29.2. The van der Waals surface area contributed by atoms with E-state index in [-0.39, 0.29) is 88.1 Å². The van der Waals surface area contributed by atoms with E-state index in [1.165, 1.54) is 52.0 Å². The first kappa shape index (κ1) is 87.6. The Balaban J connectivity index is 1.21. The van der Waals surface area contributed by atoms with Gasteiger partial charge in [-0.1, -0.05) is 124 Å². The van der Waals surface area contributed by atoms with E-state index in [2.05, 4.69) is 68.8 Å². The van der Waals surface area contributed by atoms with Crippen LogP contribution in [-0.2, 0) is 99.2 Å². The highest BCUT2D eigenvalue weighted by Gasteiger charge is 2.41. The SMILES string of the molecule is CC(=O)Nc1ccc(C[C@H](NC(=O)[C@@H](NC(=O)[C@@H](Cc2cccnc2)NC(=O)[C@@H](Cc2ccc(Cl)cc2)NC(=O)[C@@H](Cc2ccc3ccccc3c2)NC(C)=O)N(C)C=O)C(=O)N[C@H](Cc2ccc(NC(C)=O)cc2)C(=O)N[C@@H](CC(C)C)C(=O)N[C@@H](CCCCNC(C)C)C(=O)N2CCC[C@H]2C(=O)N[C@H](C)C(=O)O)cc1. The highest BCUT2D eigenvalue weighted by atomic mass is 35.5. The average Bonchev–Trinajstić information content (AvgIpc) is 1.67. The molecule has 13 N–H and O–H groups in total. The van der Waals surface area contributed by atoms with Gasteiger partial charge in [-0.05, 0) is 139 Å². The number of benzene rings is 5. The number of fused-ring (bicyclic) bond motifs is 1. The minimum Gasteiger partial charge on any atom is -0.480 e. The number of nitrogens with zero attached hydrogens (tertiary/aromatic N) is 3. The number of hydrogen-bond acceptors (Lipinski definition) is 16. The lowest BCUT2D eigenvalue weighted by Gasteiger charge is -2.31. The molecule has 0 radical (unpaired) electrons. The highest BCUT2D eigenvalue weighted by molar-refractivity contribution is 6.30. The molecule has 0 unspecified atom stereocenters. The van der Waals surface area contributed by atoms with Gasteiger partial charge in [0, 0.05) is 101 Å². The molecule has 30 nitrogen and oxygen atoms in total.